The summed E-state index contributed by atoms with van der Waals surface area (Å²) in [6.07, 6.45) is 0. The second-order valence-electron chi connectivity index (χ2n) is 6.14. The number of rotatable bonds is 4. The van der Waals surface area contributed by atoms with Gasteiger partial charge in [0.2, 0.25) is 0 Å². The Hall–Kier alpha value is -3.07. The van der Waals surface area contributed by atoms with E-state index in [4.69, 9.17) is 4.74 Å². The van der Waals surface area contributed by atoms with Crippen LogP contribution in [0.4, 0.5) is 5.69 Å². The second kappa shape index (κ2) is 6.10. The average Bonchev–Trinajstić information content (AvgIpc) is 3.41. The van der Waals surface area contributed by atoms with Crippen molar-refractivity contribution in [3.8, 4) is 0 Å². The molecule has 0 unspecified atom stereocenters. The van der Waals surface area contributed by atoms with Crippen LogP contribution < -0.4 is 4.90 Å². The van der Waals surface area contributed by atoms with Gasteiger partial charge in [-0.2, -0.15) is 0 Å². The van der Waals surface area contributed by atoms with Crippen LogP contribution in [0.25, 0.3) is 0 Å². The predicted molar refractivity (Wildman–Crippen MR) is 98.2 cm³/mol. The molecular weight excluding hydrogens is 310 g/mol. The molecule has 0 spiro atoms. The minimum absolute atomic E-state index is 0.0917. The van der Waals surface area contributed by atoms with E-state index in [-0.39, 0.29) is 12.0 Å². The second-order valence-corrected chi connectivity index (χ2v) is 6.14. The molecule has 2 atom stereocenters. The standard InChI is InChI=1S/C22H19NO2/c1-25-21(24)22(18-13-7-3-8-14-18)20(17-11-5-2-6-12-17)23(22)19-15-9-4-10-16-19/h2-16,20H,1H3/t20-,22+,23?/m0/s1. The van der Waals surface area contributed by atoms with E-state index in [2.05, 4.69) is 17.0 Å². The number of carbonyl (C=O) groups excluding carboxylic acids is 1. The van der Waals surface area contributed by atoms with Gasteiger partial charge in [0.05, 0.1) is 13.2 Å². The van der Waals surface area contributed by atoms with Crippen LogP contribution in [0.15, 0.2) is 91.0 Å². The molecule has 1 aliphatic rings. The smallest absolute Gasteiger partial charge is 0.339 e. The van der Waals surface area contributed by atoms with Crippen molar-refractivity contribution in [3.63, 3.8) is 0 Å². The summed E-state index contributed by atoms with van der Waals surface area (Å²) in [5.74, 6) is -0.239. The highest BCUT2D eigenvalue weighted by Crippen LogP contribution is 2.62. The molecule has 1 heterocycles. The molecule has 1 fully saturated rings. The number of esters is 1. The van der Waals surface area contributed by atoms with Gasteiger partial charge in [-0.05, 0) is 23.3 Å². The summed E-state index contributed by atoms with van der Waals surface area (Å²) in [6.45, 7) is 0. The molecule has 0 aliphatic carbocycles. The van der Waals surface area contributed by atoms with Crippen molar-refractivity contribution in [2.24, 2.45) is 0 Å². The molecule has 1 saturated heterocycles. The zero-order valence-corrected chi connectivity index (χ0v) is 14.0. The van der Waals surface area contributed by atoms with Gasteiger partial charge in [-0.15, -0.1) is 0 Å². The van der Waals surface area contributed by atoms with Gasteiger partial charge in [-0.3, -0.25) is 0 Å². The molecule has 3 heteroatoms. The number of carbonyl (C=O) groups is 1. The third kappa shape index (κ3) is 2.31. The van der Waals surface area contributed by atoms with E-state index in [9.17, 15) is 4.79 Å². The number of nitrogens with zero attached hydrogens (tertiary/aromatic N) is 1. The lowest BCUT2D eigenvalue weighted by molar-refractivity contribution is -0.143. The van der Waals surface area contributed by atoms with E-state index in [1.165, 1.54) is 7.11 Å². The topological polar surface area (TPSA) is 29.3 Å². The molecule has 124 valence electrons. The third-order valence-corrected chi connectivity index (χ3v) is 4.83. The van der Waals surface area contributed by atoms with Crippen LogP contribution >= 0.6 is 0 Å². The highest BCUT2D eigenvalue weighted by atomic mass is 16.5. The minimum Gasteiger partial charge on any atom is -0.467 e. The first-order valence-electron chi connectivity index (χ1n) is 8.33. The van der Waals surface area contributed by atoms with Crippen LogP contribution in [0.3, 0.4) is 0 Å². The van der Waals surface area contributed by atoms with Crippen LogP contribution in [-0.2, 0) is 15.1 Å². The number of anilines is 1. The molecule has 0 aromatic heterocycles. The largest absolute Gasteiger partial charge is 0.467 e. The Morgan fingerprint density at radius 2 is 1.36 bits per heavy atom. The summed E-state index contributed by atoms with van der Waals surface area (Å²) in [7, 11) is 1.45. The molecule has 3 aromatic carbocycles. The van der Waals surface area contributed by atoms with Gasteiger partial charge in [-0.25, -0.2) is 4.79 Å². The summed E-state index contributed by atoms with van der Waals surface area (Å²) >= 11 is 0. The van der Waals surface area contributed by atoms with Crippen LogP contribution in [0.5, 0.6) is 0 Å². The first kappa shape index (κ1) is 15.5. The first-order valence-corrected chi connectivity index (χ1v) is 8.33. The number of hydrogen-bond donors (Lipinski definition) is 0. The molecule has 25 heavy (non-hydrogen) atoms. The summed E-state index contributed by atoms with van der Waals surface area (Å²) in [5.41, 5.74) is 2.21. The van der Waals surface area contributed by atoms with Crippen molar-refractivity contribution >= 4 is 11.7 Å². The van der Waals surface area contributed by atoms with Gasteiger partial charge >= 0.3 is 5.97 Å². The fourth-order valence-corrected chi connectivity index (χ4v) is 3.73. The summed E-state index contributed by atoms with van der Waals surface area (Å²) in [4.78, 5) is 15.1. The summed E-state index contributed by atoms with van der Waals surface area (Å²) in [5, 5.41) is 0. The number of hydrogen-bond acceptors (Lipinski definition) is 3. The van der Waals surface area contributed by atoms with Crippen molar-refractivity contribution in [2.75, 3.05) is 12.0 Å². The van der Waals surface area contributed by atoms with Crippen molar-refractivity contribution in [1.29, 1.82) is 0 Å². The molecule has 4 rings (SSSR count). The van der Waals surface area contributed by atoms with Gasteiger partial charge < -0.3 is 9.64 Å². The quantitative estimate of drug-likeness (QED) is 0.527. The van der Waals surface area contributed by atoms with Gasteiger partial charge in [0.15, 0.2) is 5.54 Å². The SMILES string of the molecule is COC(=O)[C@@]1(c2ccccc2)[C@H](c2ccccc2)N1c1ccccc1. The van der Waals surface area contributed by atoms with Crippen LogP contribution in [0, 0.1) is 0 Å². The van der Waals surface area contributed by atoms with Crippen molar-refractivity contribution < 1.29 is 9.53 Å². The molecule has 0 bridgehead atoms. The number of ether oxygens (including phenoxy) is 1. The molecule has 0 amide bonds. The lowest BCUT2D eigenvalue weighted by Gasteiger charge is -2.16. The average molecular weight is 329 g/mol. The highest BCUT2D eigenvalue weighted by molar-refractivity contribution is 5.96. The van der Waals surface area contributed by atoms with Crippen LogP contribution in [-0.4, -0.2) is 13.1 Å². The van der Waals surface area contributed by atoms with E-state index in [1.807, 2.05) is 78.9 Å². The minimum atomic E-state index is -0.835. The molecule has 0 radical (unpaired) electrons. The monoisotopic (exact) mass is 329 g/mol. The van der Waals surface area contributed by atoms with Gasteiger partial charge in [0.25, 0.3) is 0 Å². The van der Waals surface area contributed by atoms with Crippen molar-refractivity contribution in [3.05, 3.63) is 102 Å². The van der Waals surface area contributed by atoms with E-state index in [0.717, 1.165) is 16.8 Å². The lowest BCUT2D eigenvalue weighted by Crippen LogP contribution is -2.29. The maximum atomic E-state index is 13.0. The zero-order chi connectivity index (χ0) is 17.3. The predicted octanol–water partition coefficient (Wildman–Crippen LogP) is 4.32. The Morgan fingerprint density at radius 3 is 1.92 bits per heavy atom. The Labute approximate surface area is 147 Å². The Kier molecular flexibility index (Phi) is 3.77. The maximum Gasteiger partial charge on any atom is 0.339 e. The lowest BCUT2D eigenvalue weighted by atomic mass is 9.91. The molecule has 0 N–H and O–H groups in total. The normalized spacial score (nSPS) is 21.6. The fraction of sp³-hybridized carbons (Fsp3) is 0.136. The Morgan fingerprint density at radius 1 is 0.840 bits per heavy atom. The van der Waals surface area contributed by atoms with Crippen molar-refractivity contribution in [2.45, 2.75) is 11.6 Å². The van der Waals surface area contributed by atoms with E-state index in [1.54, 1.807) is 0 Å². The Balaban J connectivity index is 1.92. The van der Waals surface area contributed by atoms with Gasteiger partial charge in [0.1, 0.15) is 0 Å². The highest BCUT2D eigenvalue weighted by Gasteiger charge is 2.70. The number of methoxy groups -OCH3 is 1. The third-order valence-electron chi connectivity index (χ3n) is 4.83. The van der Waals surface area contributed by atoms with E-state index < -0.39 is 5.54 Å². The molecule has 0 saturated carbocycles. The molecular formula is C22H19NO2. The number of para-hydroxylation sites is 1. The summed E-state index contributed by atoms with van der Waals surface area (Å²) < 4.78 is 5.25. The molecule has 3 nitrogen and oxygen atoms in total. The zero-order valence-electron chi connectivity index (χ0n) is 14.0. The molecule has 1 aliphatic heterocycles. The van der Waals surface area contributed by atoms with Gasteiger partial charge in [0, 0.05) is 5.69 Å². The fourth-order valence-electron chi connectivity index (χ4n) is 3.73. The van der Waals surface area contributed by atoms with Gasteiger partial charge in [-0.1, -0.05) is 78.9 Å². The number of benzene rings is 3. The van der Waals surface area contributed by atoms with Crippen molar-refractivity contribution in [1.82, 2.24) is 0 Å². The maximum absolute atomic E-state index is 13.0. The molecule has 3 aromatic rings. The van der Waals surface area contributed by atoms with E-state index in [0.29, 0.717) is 0 Å². The summed E-state index contributed by atoms with van der Waals surface area (Å²) in [6, 6.07) is 29.9. The van der Waals surface area contributed by atoms with E-state index >= 15 is 0 Å². The van der Waals surface area contributed by atoms with Crippen LogP contribution in [0.1, 0.15) is 17.2 Å². The Bertz CT molecular complexity index is 817. The van der Waals surface area contributed by atoms with Crippen LogP contribution in [0.2, 0.25) is 0 Å². The first-order chi connectivity index (χ1) is 12.3.